The minimum atomic E-state index is -0.257. The number of rotatable bonds is 10. The van der Waals surface area contributed by atoms with Crippen LogP contribution in [0.4, 0.5) is 11.4 Å². The lowest BCUT2D eigenvalue weighted by atomic mass is 10.1. The number of benzene rings is 3. The summed E-state index contributed by atoms with van der Waals surface area (Å²) in [7, 11) is 1.75. The average molecular weight is 473 g/mol. The van der Waals surface area contributed by atoms with Crippen molar-refractivity contribution in [3.8, 4) is 0 Å². The zero-order chi connectivity index (χ0) is 25.2. The summed E-state index contributed by atoms with van der Waals surface area (Å²) in [5.41, 5.74) is 3.34. The molecular weight excluding hydrogens is 440 g/mol. The van der Waals surface area contributed by atoms with Gasteiger partial charge in [-0.2, -0.15) is 0 Å². The number of hydrogen-bond acceptors (Lipinski definition) is 4. The molecule has 3 aromatic rings. The van der Waals surface area contributed by atoms with Gasteiger partial charge >= 0.3 is 0 Å². The Kier molecular flexibility index (Phi) is 9.01. The molecule has 0 saturated carbocycles. The molecule has 0 atom stereocenters. The van der Waals surface area contributed by atoms with Gasteiger partial charge < -0.3 is 20.4 Å². The zero-order valence-corrected chi connectivity index (χ0v) is 20.5. The summed E-state index contributed by atoms with van der Waals surface area (Å²) >= 11 is 0. The summed E-state index contributed by atoms with van der Waals surface area (Å²) in [6.07, 6.45) is 0. The van der Waals surface area contributed by atoms with E-state index in [-0.39, 0.29) is 24.3 Å². The van der Waals surface area contributed by atoms with Gasteiger partial charge in [0.25, 0.3) is 11.8 Å². The van der Waals surface area contributed by atoms with Gasteiger partial charge in [0.2, 0.25) is 5.91 Å². The molecule has 3 aromatic carbocycles. The van der Waals surface area contributed by atoms with Gasteiger partial charge in [0, 0.05) is 49.2 Å². The van der Waals surface area contributed by atoms with E-state index in [1.807, 2.05) is 50.2 Å². The van der Waals surface area contributed by atoms with Gasteiger partial charge in [0.15, 0.2) is 0 Å². The Morgan fingerprint density at radius 3 is 2.00 bits per heavy atom. The average Bonchev–Trinajstić information content (AvgIpc) is 2.88. The van der Waals surface area contributed by atoms with Gasteiger partial charge in [0.05, 0.1) is 6.54 Å². The summed E-state index contributed by atoms with van der Waals surface area (Å²) in [5, 5.41) is 5.88. The number of nitrogens with zero attached hydrogens (tertiary/aromatic N) is 2. The standard InChI is InChI=1S/C28H32N4O3/c1-4-32(5-2)28(35)23-14-9-15-24(17-23)29-19-26(33)30-25-16-10-13-22(18-25)27(34)31(3)20-21-11-7-6-8-12-21/h6-18,29H,4-5,19-20H2,1-3H3,(H,30,33). The smallest absolute Gasteiger partial charge is 0.253 e. The van der Waals surface area contributed by atoms with E-state index in [1.165, 1.54) is 0 Å². The largest absolute Gasteiger partial charge is 0.376 e. The highest BCUT2D eigenvalue weighted by molar-refractivity contribution is 5.98. The molecule has 0 aliphatic carbocycles. The Bertz CT molecular complexity index is 1160. The van der Waals surface area contributed by atoms with E-state index in [0.29, 0.717) is 42.1 Å². The lowest BCUT2D eigenvalue weighted by molar-refractivity contribution is -0.114. The molecule has 0 bridgehead atoms. The van der Waals surface area contributed by atoms with Gasteiger partial charge in [-0.25, -0.2) is 0 Å². The molecular formula is C28H32N4O3. The second kappa shape index (κ2) is 12.4. The first kappa shape index (κ1) is 25.5. The maximum absolute atomic E-state index is 12.8. The second-order valence-corrected chi connectivity index (χ2v) is 8.19. The first-order valence-corrected chi connectivity index (χ1v) is 11.7. The Labute approximate surface area is 206 Å². The van der Waals surface area contributed by atoms with Crippen molar-refractivity contribution in [2.45, 2.75) is 20.4 Å². The van der Waals surface area contributed by atoms with Crippen LogP contribution in [0.15, 0.2) is 78.9 Å². The van der Waals surface area contributed by atoms with Crippen molar-refractivity contribution in [1.29, 1.82) is 0 Å². The van der Waals surface area contributed by atoms with Gasteiger partial charge in [-0.1, -0.05) is 42.5 Å². The minimum Gasteiger partial charge on any atom is -0.376 e. The van der Waals surface area contributed by atoms with Crippen LogP contribution in [0.1, 0.15) is 40.1 Å². The predicted octanol–water partition coefficient (Wildman–Crippen LogP) is 4.49. The Balaban J connectivity index is 1.57. The van der Waals surface area contributed by atoms with Gasteiger partial charge in [-0.3, -0.25) is 14.4 Å². The fourth-order valence-corrected chi connectivity index (χ4v) is 3.72. The monoisotopic (exact) mass is 472 g/mol. The molecule has 7 heteroatoms. The van der Waals surface area contributed by atoms with Crippen LogP contribution in [0.3, 0.4) is 0 Å². The highest BCUT2D eigenvalue weighted by Crippen LogP contribution is 2.15. The SMILES string of the molecule is CCN(CC)C(=O)c1cccc(NCC(=O)Nc2cccc(C(=O)N(C)Cc3ccccc3)c2)c1. The van der Waals surface area contributed by atoms with Gasteiger partial charge in [0.1, 0.15) is 0 Å². The quantitative estimate of drug-likeness (QED) is 0.456. The Morgan fingerprint density at radius 2 is 1.34 bits per heavy atom. The maximum Gasteiger partial charge on any atom is 0.253 e. The Hall–Kier alpha value is -4.13. The minimum absolute atomic E-state index is 0.0228. The van der Waals surface area contributed by atoms with Crippen molar-refractivity contribution in [3.63, 3.8) is 0 Å². The van der Waals surface area contributed by atoms with Crippen molar-refractivity contribution < 1.29 is 14.4 Å². The van der Waals surface area contributed by atoms with Crippen molar-refractivity contribution in [2.24, 2.45) is 0 Å². The molecule has 0 saturated heterocycles. The third-order valence-corrected chi connectivity index (χ3v) is 5.62. The molecule has 0 unspecified atom stereocenters. The van der Waals surface area contributed by atoms with E-state index in [2.05, 4.69) is 10.6 Å². The van der Waals surface area contributed by atoms with E-state index < -0.39 is 0 Å². The molecule has 0 heterocycles. The molecule has 7 nitrogen and oxygen atoms in total. The van der Waals surface area contributed by atoms with E-state index in [4.69, 9.17) is 0 Å². The van der Waals surface area contributed by atoms with Crippen LogP contribution < -0.4 is 10.6 Å². The second-order valence-electron chi connectivity index (χ2n) is 8.19. The first-order chi connectivity index (χ1) is 16.9. The lowest BCUT2D eigenvalue weighted by Crippen LogP contribution is -2.30. The fourth-order valence-electron chi connectivity index (χ4n) is 3.72. The number of amides is 3. The van der Waals surface area contributed by atoms with Crippen molar-refractivity contribution in [2.75, 3.05) is 37.3 Å². The molecule has 0 spiro atoms. The summed E-state index contributed by atoms with van der Waals surface area (Å²) in [6, 6.07) is 23.8. The van der Waals surface area contributed by atoms with E-state index in [1.54, 1.807) is 59.3 Å². The van der Waals surface area contributed by atoms with Crippen molar-refractivity contribution >= 4 is 29.1 Å². The molecule has 0 aliphatic rings. The summed E-state index contributed by atoms with van der Waals surface area (Å²) in [4.78, 5) is 41.3. The molecule has 3 amide bonds. The molecule has 0 radical (unpaired) electrons. The van der Waals surface area contributed by atoms with Crippen molar-refractivity contribution in [1.82, 2.24) is 9.80 Å². The Morgan fingerprint density at radius 1 is 0.743 bits per heavy atom. The van der Waals surface area contributed by atoms with Crippen LogP contribution in [0.2, 0.25) is 0 Å². The van der Waals surface area contributed by atoms with Crippen molar-refractivity contribution in [3.05, 3.63) is 95.6 Å². The van der Waals surface area contributed by atoms with Crippen LogP contribution in [0.5, 0.6) is 0 Å². The maximum atomic E-state index is 12.8. The third-order valence-electron chi connectivity index (χ3n) is 5.62. The predicted molar refractivity (Wildman–Crippen MR) is 139 cm³/mol. The highest BCUT2D eigenvalue weighted by atomic mass is 16.2. The number of anilines is 2. The first-order valence-electron chi connectivity index (χ1n) is 11.7. The topological polar surface area (TPSA) is 81.8 Å². The molecule has 182 valence electrons. The molecule has 0 fully saturated rings. The summed E-state index contributed by atoms with van der Waals surface area (Å²) in [5.74, 6) is -0.424. The van der Waals surface area contributed by atoms with Crippen LogP contribution >= 0.6 is 0 Å². The normalized spacial score (nSPS) is 10.4. The van der Waals surface area contributed by atoms with Crippen LogP contribution in [-0.4, -0.2) is 54.2 Å². The van der Waals surface area contributed by atoms with E-state index in [0.717, 1.165) is 5.56 Å². The molecule has 0 aromatic heterocycles. The lowest BCUT2D eigenvalue weighted by Gasteiger charge is -2.19. The zero-order valence-electron chi connectivity index (χ0n) is 20.5. The fraction of sp³-hybridized carbons (Fsp3) is 0.250. The third kappa shape index (κ3) is 7.17. The van der Waals surface area contributed by atoms with E-state index in [9.17, 15) is 14.4 Å². The number of carbonyl (C=O) groups excluding carboxylic acids is 3. The number of carbonyl (C=O) groups is 3. The van der Waals surface area contributed by atoms with Gasteiger partial charge in [-0.05, 0) is 55.8 Å². The summed E-state index contributed by atoms with van der Waals surface area (Å²) in [6.45, 7) is 5.68. The van der Waals surface area contributed by atoms with E-state index >= 15 is 0 Å². The van der Waals surface area contributed by atoms with Gasteiger partial charge in [-0.15, -0.1) is 0 Å². The highest BCUT2D eigenvalue weighted by Gasteiger charge is 2.14. The van der Waals surface area contributed by atoms with Crippen LogP contribution in [0.25, 0.3) is 0 Å². The summed E-state index contributed by atoms with van der Waals surface area (Å²) < 4.78 is 0. The number of hydrogen-bond donors (Lipinski definition) is 2. The molecule has 3 rings (SSSR count). The van der Waals surface area contributed by atoms with Crippen LogP contribution in [0, 0.1) is 0 Å². The molecule has 2 N–H and O–H groups in total. The van der Waals surface area contributed by atoms with Crippen LogP contribution in [-0.2, 0) is 11.3 Å². The molecule has 35 heavy (non-hydrogen) atoms. The molecule has 0 aliphatic heterocycles. The number of nitrogens with one attached hydrogen (secondary N) is 2.